The summed E-state index contributed by atoms with van der Waals surface area (Å²) in [5.74, 6) is 1.18. The second-order valence-corrected chi connectivity index (χ2v) is 8.03. The first-order valence-electron chi connectivity index (χ1n) is 10.7. The van der Waals surface area contributed by atoms with Crippen LogP contribution in [0.3, 0.4) is 0 Å². The van der Waals surface area contributed by atoms with E-state index in [0.717, 1.165) is 53.8 Å². The predicted octanol–water partition coefficient (Wildman–Crippen LogP) is 3.11. The standard InChI is InChI=1S/C24H28N2O4/c27-12-1-2-13-30-19-5-3-4-17(14-19)21(15-18-8-11-23(28)25-18)22-10-9-20(16-6-7-16)24(29)26-22/h3-5,9-10,14-16,18,27H,1-2,6-8,11-13H2,(H,25,28)(H,26,29)/t18-/m1/s1. The number of ether oxygens (including phenoxy) is 1. The van der Waals surface area contributed by atoms with Crippen molar-refractivity contribution in [3.63, 3.8) is 0 Å². The number of pyridine rings is 1. The minimum atomic E-state index is -0.0618. The van der Waals surface area contributed by atoms with Crippen LogP contribution in [-0.2, 0) is 4.79 Å². The number of carbonyl (C=O) groups is 1. The van der Waals surface area contributed by atoms with Crippen LogP contribution in [0.4, 0.5) is 0 Å². The predicted molar refractivity (Wildman–Crippen MR) is 116 cm³/mol. The number of aliphatic hydroxyl groups excluding tert-OH is 1. The van der Waals surface area contributed by atoms with Gasteiger partial charge in [0, 0.05) is 35.9 Å². The summed E-state index contributed by atoms with van der Waals surface area (Å²) >= 11 is 0. The molecule has 1 aromatic heterocycles. The van der Waals surface area contributed by atoms with Crippen molar-refractivity contribution in [1.82, 2.24) is 10.3 Å². The first-order chi connectivity index (χ1) is 14.6. The second-order valence-electron chi connectivity index (χ2n) is 8.03. The van der Waals surface area contributed by atoms with Crippen LogP contribution in [0.2, 0.25) is 0 Å². The number of unbranched alkanes of at least 4 members (excludes halogenated alkanes) is 1. The van der Waals surface area contributed by atoms with Gasteiger partial charge in [-0.05, 0) is 61.8 Å². The molecule has 1 aliphatic heterocycles. The molecule has 4 rings (SSSR count). The summed E-state index contributed by atoms with van der Waals surface area (Å²) < 4.78 is 5.82. The normalized spacial score (nSPS) is 19.0. The smallest absolute Gasteiger partial charge is 0.251 e. The van der Waals surface area contributed by atoms with Gasteiger partial charge in [-0.3, -0.25) is 9.59 Å². The van der Waals surface area contributed by atoms with E-state index >= 15 is 0 Å². The maximum absolute atomic E-state index is 12.6. The zero-order chi connectivity index (χ0) is 20.9. The van der Waals surface area contributed by atoms with E-state index in [1.54, 1.807) is 0 Å². The molecule has 1 atom stereocenters. The molecule has 6 heteroatoms. The quantitative estimate of drug-likeness (QED) is 0.556. The fourth-order valence-corrected chi connectivity index (χ4v) is 3.82. The molecular weight excluding hydrogens is 380 g/mol. The fraction of sp³-hybridized carbons (Fsp3) is 0.417. The third-order valence-corrected chi connectivity index (χ3v) is 5.61. The summed E-state index contributed by atoms with van der Waals surface area (Å²) in [6, 6.07) is 11.6. The van der Waals surface area contributed by atoms with Crippen molar-refractivity contribution in [1.29, 1.82) is 0 Å². The molecule has 158 valence electrons. The minimum Gasteiger partial charge on any atom is -0.494 e. The molecule has 2 heterocycles. The molecule has 3 N–H and O–H groups in total. The number of benzene rings is 1. The number of H-pyrrole nitrogens is 1. The first kappa shape index (κ1) is 20.4. The van der Waals surface area contributed by atoms with Crippen molar-refractivity contribution in [3.05, 3.63) is 69.6 Å². The van der Waals surface area contributed by atoms with Crippen molar-refractivity contribution >= 4 is 11.5 Å². The van der Waals surface area contributed by atoms with Crippen LogP contribution in [0.5, 0.6) is 5.75 Å². The maximum atomic E-state index is 12.6. The Morgan fingerprint density at radius 3 is 2.70 bits per heavy atom. The van der Waals surface area contributed by atoms with Gasteiger partial charge in [-0.1, -0.05) is 24.3 Å². The van der Waals surface area contributed by atoms with Crippen LogP contribution in [0.25, 0.3) is 5.57 Å². The van der Waals surface area contributed by atoms with Crippen LogP contribution in [0.15, 0.2) is 47.3 Å². The Morgan fingerprint density at radius 1 is 1.13 bits per heavy atom. The second kappa shape index (κ2) is 9.30. The third kappa shape index (κ3) is 5.00. The Bertz CT molecular complexity index is 991. The molecule has 1 aliphatic carbocycles. The number of hydrogen-bond donors (Lipinski definition) is 3. The average Bonchev–Trinajstić information content (AvgIpc) is 3.50. The highest BCUT2D eigenvalue weighted by Gasteiger charge is 2.26. The van der Waals surface area contributed by atoms with Crippen LogP contribution < -0.4 is 15.6 Å². The van der Waals surface area contributed by atoms with Gasteiger partial charge in [0.15, 0.2) is 0 Å². The largest absolute Gasteiger partial charge is 0.494 e. The van der Waals surface area contributed by atoms with Crippen molar-refractivity contribution in [2.75, 3.05) is 13.2 Å². The molecule has 30 heavy (non-hydrogen) atoms. The number of carbonyl (C=O) groups excluding carboxylic acids is 1. The maximum Gasteiger partial charge on any atom is 0.251 e. The molecule has 0 spiro atoms. The lowest BCUT2D eigenvalue weighted by molar-refractivity contribution is -0.119. The van der Waals surface area contributed by atoms with Gasteiger partial charge in [0.2, 0.25) is 5.91 Å². The Kier molecular flexibility index (Phi) is 6.33. The molecule has 0 radical (unpaired) electrons. The Labute approximate surface area is 176 Å². The van der Waals surface area contributed by atoms with Gasteiger partial charge in [-0.25, -0.2) is 0 Å². The molecule has 2 aliphatic rings. The van der Waals surface area contributed by atoms with E-state index in [9.17, 15) is 9.59 Å². The van der Waals surface area contributed by atoms with Gasteiger partial charge < -0.3 is 20.1 Å². The van der Waals surface area contributed by atoms with E-state index in [4.69, 9.17) is 9.84 Å². The highest BCUT2D eigenvalue weighted by molar-refractivity contribution is 5.82. The lowest BCUT2D eigenvalue weighted by atomic mass is 9.98. The van der Waals surface area contributed by atoms with E-state index < -0.39 is 0 Å². The summed E-state index contributed by atoms with van der Waals surface area (Å²) in [5.41, 5.74) is 3.36. The van der Waals surface area contributed by atoms with E-state index in [-0.39, 0.29) is 24.1 Å². The molecule has 1 saturated carbocycles. The van der Waals surface area contributed by atoms with Crippen molar-refractivity contribution in [2.24, 2.45) is 0 Å². The van der Waals surface area contributed by atoms with Crippen molar-refractivity contribution in [2.45, 2.75) is 50.5 Å². The Hall–Kier alpha value is -2.86. The lowest BCUT2D eigenvalue weighted by Crippen LogP contribution is -2.23. The summed E-state index contributed by atoms with van der Waals surface area (Å²) in [4.78, 5) is 27.4. The highest BCUT2D eigenvalue weighted by atomic mass is 16.5. The molecule has 2 fully saturated rings. The minimum absolute atomic E-state index is 0.0345. The first-order valence-corrected chi connectivity index (χ1v) is 10.7. The topological polar surface area (TPSA) is 91.4 Å². The SMILES string of the molecule is O=C1CC[C@H](C=C(c2cccc(OCCCCO)c2)c2ccc(C3CC3)c(=O)[nH]2)N1. The zero-order valence-electron chi connectivity index (χ0n) is 17.0. The van der Waals surface area contributed by atoms with Crippen LogP contribution in [-0.4, -0.2) is 35.3 Å². The van der Waals surface area contributed by atoms with Crippen LogP contribution >= 0.6 is 0 Å². The number of aromatic amines is 1. The van der Waals surface area contributed by atoms with E-state index in [2.05, 4.69) is 10.3 Å². The zero-order valence-corrected chi connectivity index (χ0v) is 17.0. The summed E-state index contributed by atoms with van der Waals surface area (Å²) in [7, 11) is 0. The van der Waals surface area contributed by atoms with Crippen LogP contribution in [0.1, 0.15) is 61.3 Å². The summed E-state index contributed by atoms with van der Waals surface area (Å²) in [6.45, 7) is 0.697. The van der Waals surface area contributed by atoms with E-state index in [1.165, 1.54) is 0 Å². The van der Waals surface area contributed by atoms with Gasteiger partial charge >= 0.3 is 0 Å². The number of amides is 1. The van der Waals surface area contributed by atoms with E-state index in [1.807, 2.05) is 42.5 Å². The van der Waals surface area contributed by atoms with Gasteiger partial charge in [0.1, 0.15) is 5.75 Å². The number of aliphatic hydroxyl groups is 1. The van der Waals surface area contributed by atoms with Crippen molar-refractivity contribution in [3.8, 4) is 5.75 Å². The molecule has 6 nitrogen and oxygen atoms in total. The average molecular weight is 408 g/mol. The van der Waals surface area contributed by atoms with Gasteiger partial charge in [-0.2, -0.15) is 0 Å². The number of aromatic nitrogens is 1. The van der Waals surface area contributed by atoms with E-state index in [0.29, 0.717) is 25.4 Å². The molecular formula is C24H28N2O4. The fourth-order valence-electron chi connectivity index (χ4n) is 3.82. The summed E-state index contributed by atoms with van der Waals surface area (Å²) in [6.07, 6.45) is 6.93. The molecule has 1 aromatic carbocycles. The monoisotopic (exact) mass is 408 g/mol. The highest BCUT2D eigenvalue weighted by Crippen LogP contribution is 2.38. The number of nitrogens with one attached hydrogen (secondary N) is 2. The molecule has 1 amide bonds. The Morgan fingerprint density at radius 2 is 2.00 bits per heavy atom. The Balaban J connectivity index is 1.64. The van der Waals surface area contributed by atoms with Gasteiger partial charge in [0.25, 0.3) is 5.56 Å². The molecule has 0 bridgehead atoms. The van der Waals surface area contributed by atoms with Crippen molar-refractivity contribution < 1.29 is 14.6 Å². The summed E-state index contributed by atoms with van der Waals surface area (Å²) in [5, 5.41) is 11.9. The number of rotatable bonds is 9. The van der Waals surface area contributed by atoms with Gasteiger partial charge in [0.05, 0.1) is 6.61 Å². The van der Waals surface area contributed by atoms with Gasteiger partial charge in [-0.15, -0.1) is 0 Å². The third-order valence-electron chi connectivity index (χ3n) is 5.61. The number of hydrogen-bond acceptors (Lipinski definition) is 4. The lowest BCUT2D eigenvalue weighted by Gasteiger charge is -2.14. The molecule has 0 unspecified atom stereocenters. The molecule has 2 aromatic rings. The molecule has 1 saturated heterocycles. The van der Waals surface area contributed by atoms with Crippen LogP contribution in [0, 0.1) is 0 Å².